The van der Waals surface area contributed by atoms with Crippen LogP contribution in [0.5, 0.6) is 11.5 Å². The summed E-state index contributed by atoms with van der Waals surface area (Å²) >= 11 is 0. The maximum atomic E-state index is 12.4. The van der Waals surface area contributed by atoms with E-state index in [0.29, 0.717) is 12.5 Å². The van der Waals surface area contributed by atoms with Gasteiger partial charge in [0.15, 0.2) is 6.61 Å². The number of para-hydroxylation sites is 1. The number of benzene rings is 2. The predicted molar refractivity (Wildman–Crippen MR) is 120 cm³/mol. The zero-order chi connectivity index (χ0) is 21.3. The fraction of sp³-hybridized carbons (Fsp3) is 0.308. The summed E-state index contributed by atoms with van der Waals surface area (Å²) in [5.74, 6) is 2.19. The van der Waals surface area contributed by atoms with Gasteiger partial charge < -0.3 is 14.4 Å². The monoisotopic (exact) mass is 416 g/mol. The Kier molecular flexibility index (Phi) is 7.16. The van der Waals surface area contributed by atoms with Gasteiger partial charge in [0.1, 0.15) is 18.1 Å². The Morgan fingerprint density at radius 1 is 0.871 bits per heavy atom. The van der Waals surface area contributed by atoms with Crippen LogP contribution in [-0.4, -0.2) is 35.5 Å². The Morgan fingerprint density at radius 2 is 1.58 bits per heavy atom. The molecule has 3 aromatic rings. The van der Waals surface area contributed by atoms with E-state index in [1.165, 1.54) is 5.56 Å². The average Bonchev–Trinajstić information content (AvgIpc) is 2.84. The molecule has 5 heteroatoms. The number of hydrogen-bond donors (Lipinski definition) is 0. The number of likely N-dealkylation sites (tertiary alicyclic amines) is 1. The third-order valence-electron chi connectivity index (χ3n) is 5.66. The van der Waals surface area contributed by atoms with Crippen molar-refractivity contribution < 1.29 is 14.3 Å². The Balaban J connectivity index is 1.18. The Morgan fingerprint density at radius 3 is 2.29 bits per heavy atom. The van der Waals surface area contributed by atoms with Gasteiger partial charge in [0.2, 0.25) is 0 Å². The van der Waals surface area contributed by atoms with Crippen LogP contribution in [0.4, 0.5) is 0 Å². The van der Waals surface area contributed by atoms with Crippen molar-refractivity contribution in [1.29, 1.82) is 0 Å². The minimum Gasteiger partial charge on any atom is -0.487 e. The Bertz CT molecular complexity index is 937. The van der Waals surface area contributed by atoms with E-state index in [0.717, 1.165) is 49.4 Å². The number of pyridine rings is 1. The summed E-state index contributed by atoms with van der Waals surface area (Å²) in [5, 5.41) is 0. The van der Waals surface area contributed by atoms with E-state index in [1.807, 2.05) is 47.4 Å². The third-order valence-corrected chi connectivity index (χ3v) is 5.66. The van der Waals surface area contributed by atoms with E-state index in [1.54, 1.807) is 12.4 Å². The van der Waals surface area contributed by atoms with Gasteiger partial charge >= 0.3 is 0 Å². The minimum atomic E-state index is 0.0697. The lowest BCUT2D eigenvalue weighted by Crippen LogP contribution is -2.41. The van der Waals surface area contributed by atoms with Crippen LogP contribution in [0.3, 0.4) is 0 Å². The molecule has 160 valence electrons. The van der Waals surface area contributed by atoms with Crippen LogP contribution in [0.15, 0.2) is 79.1 Å². The quantitative estimate of drug-likeness (QED) is 0.542. The van der Waals surface area contributed by atoms with Crippen molar-refractivity contribution in [3.8, 4) is 11.5 Å². The highest BCUT2D eigenvalue weighted by atomic mass is 16.5. The molecule has 1 aromatic heterocycles. The molecular weight excluding hydrogens is 388 g/mol. The zero-order valence-corrected chi connectivity index (χ0v) is 17.7. The van der Waals surface area contributed by atoms with Gasteiger partial charge in [-0.05, 0) is 60.6 Å². The number of hydrogen-bond acceptors (Lipinski definition) is 4. The molecule has 0 unspecified atom stereocenters. The van der Waals surface area contributed by atoms with Gasteiger partial charge in [-0.2, -0.15) is 0 Å². The van der Waals surface area contributed by atoms with E-state index in [9.17, 15) is 4.79 Å². The number of piperidine rings is 1. The highest BCUT2D eigenvalue weighted by Crippen LogP contribution is 2.22. The van der Waals surface area contributed by atoms with Crippen molar-refractivity contribution in [3.63, 3.8) is 0 Å². The fourth-order valence-electron chi connectivity index (χ4n) is 3.84. The van der Waals surface area contributed by atoms with Crippen molar-refractivity contribution in [3.05, 3.63) is 90.3 Å². The highest BCUT2D eigenvalue weighted by molar-refractivity contribution is 5.77. The topological polar surface area (TPSA) is 51.7 Å². The number of carbonyl (C=O) groups excluding carboxylic acids is 1. The standard InChI is InChI=1S/C26H28N2O3/c29-26(20-31-24-5-2-1-3-6-24)28-15-12-22(13-16-28)17-21-8-10-23(11-9-21)19-30-25-7-4-14-27-18-25/h1-11,14,18,22H,12-13,15-17,19-20H2. The number of carbonyl (C=O) groups is 1. The molecule has 2 heterocycles. The average molecular weight is 417 g/mol. The molecule has 1 amide bonds. The van der Waals surface area contributed by atoms with E-state index in [-0.39, 0.29) is 12.5 Å². The molecule has 0 radical (unpaired) electrons. The fourth-order valence-corrected chi connectivity index (χ4v) is 3.84. The number of aromatic nitrogens is 1. The molecule has 1 saturated heterocycles. The maximum absolute atomic E-state index is 12.4. The van der Waals surface area contributed by atoms with Crippen molar-refractivity contribution in [1.82, 2.24) is 9.88 Å². The lowest BCUT2D eigenvalue weighted by Gasteiger charge is -2.32. The van der Waals surface area contributed by atoms with Gasteiger partial charge in [0, 0.05) is 19.3 Å². The van der Waals surface area contributed by atoms with Gasteiger partial charge in [-0.1, -0.05) is 42.5 Å². The molecular formula is C26H28N2O3. The Hall–Kier alpha value is -3.34. The second kappa shape index (κ2) is 10.6. The minimum absolute atomic E-state index is 0.0697. The smallest absolute Gasteiger partial charge is 0.260 e. The van der Waals surface area contributed by atoms with Gasteiger partial charge in [-0.3, -0.25) is 9.78 Å². The molecule has 1 fully saturated rings. The summed E-state index contributed by atoms with van der Waals surface area (Å²) < 4.78 is 11.4. The second-order valence-electron chi connectivity index (χ2n) is 7.92. The van der Waals surface area contributed by atoms with Crippen LogP contribution in [0.2, 0.25) is 0 Å². The van der Waals surface area contributed by atoms with Gasteiger partial charge in [0.05, 0.1) is 6.20 Å². The normalized spacial score (nSPS) is 14.3. The number of amides is 1. The molecule has 0 N–H and O–H groups in total. The van der Waals surface area contributed by atoms with Crippen molar-refractivity contribution in [2.45, 2.75) is 25.9 Å². The van der Waals surface area contributed by atoms with Gasteiger partial charge in [0.25, 0.3) is 5.91 Å². The number of nitrogens with zero attached hydrogens (tertiary/aromatic N) is 2. The molecule has 1 aliphatic rings. The van der Waals surface area contributed by atoms with Crippen LogP contribution in [-0.2, 0) is 17.8 Å². The van der Waals surface area contributed by atoms with E-state index in [2.05, 4.69) is 29.2 Å². The van der Waals surface area contributed by atoms with Crippen molar-refractivity contribution in [2.24, 2.45) is 5.92 Å². The summed E-state index contributed by atoms with van der Waals surface area (Å²) in [6, 6.07) is 21.9. The third kappa shape index (κ3) is 6.32. The van der Waals surface area contributed by atoms with Crippen LogP contribution in [0.1, 0.15) is 24.0 Å². The van der Waals surface area contributed by atoms with Crippen LogP contribution >= 0.6 is 0 Å². The summed E-state index contributed by atoms with van der Waals surface area (Å²) in [7, 11) is 0. The van der Waals surface area contributed by atoms with Gasteiger partial charge in [-0.25, -0.2) is 0 Å². The molecule has 0 atom stereocenters. The highest BCUT2D eigenvalue weighted by Gasteiger charge is 2.23. The Labute approximate surface area is 183 Å². The molecule has 31 heavy (non-hydrogen) atoms. The first-order valence-corrected chi connectivity index (χ1v) is 10.8. The largest absolute Gasteiger partial charge is 0.487 e. The lowest BCUT2D eigenvalue weighted by molar-refractivity contribution is -0.134. The summed E-state index contributed by atoms with van der Waals surface area (Å²) in [4.78, 5) is 18.4. The molecule has 2 aromatic carbocycles. The second-order valence-corrected chi connectivity index (χ2v) is 7.92. The molecule has 5 nitrogen and oxygen atoms in total. The number of rotatable bonds is 8. The maximum Gasteiger partial charge on any atom is 0.260 e. The summed E-state index contributed by atoms with van der Waals surface area (Å²) in [6.45, 7) is 2.26. The summed E-state index contributed by atoms with van der Waals surface area (Å²) in [6.07, 6.45) is 6.57. The number of ether oxygens (including phenoxy) is 2. The zero-order valence-electron chi connectivity index (χ0n) is 17.7. The van der Waals surface area contributed by atoms with Gasteiger partial charge in [-0.15, -0.1) is 0 Å². The molecule has 4 rings (SSSR count). The summed E-state index contributed by atoms with van der Waals surface area (Å²) in [5.41, 5.74) is 2.48. The van der Waals surface area contributed by atoms with E-state index in [4.69, 9.17) is 9.47 Å². The van der Waals surface area contributed by atoms with Crippen LogP contribution < -0.4 is 9.47 Å². The molecule has 0 aliphatic carbocycles. The van der Waals surface area contributed by atoms with Crippen molar-refractivity contribution in [2.75, 3.05) is 19.7 Å². The van der Waals surface area contributed by atoms with E-state index >= 15 is 0 Å². The predicted octanol–water partition coefficient (Wildman–Crippen LogP) is 4.52. The molecule has 1 aliphatic heterocycles. The van der Waals surface area contributed by atoms with Crippen LogP contribution in [0.25, 0.3) is 0 Å². The molecule has 0 saturated carbocycles. The lowest BCUT2D eigenvalue weighted by atomic mass is 9.90. The first kappa shape index (κ1) is 20.9. The van der Waals surface area contributed by atoms with Crippen LogP contribution in [0, 0.1) is 5.92 Å². The van der Waals surface area contributed by atoms with Crippen molar-refractivity contribution >= 4 is 5.91 Å². The first-order chi connectivity index (χ1) is 15.3. The SMILES string of the molecule is O=C(COc1ccccc1)N1CCC(Cc2ccc(COc3cccnc3)cc2)CC1. The first-order valence-electron chi connectivity index (χ1n) is 10.8. The molecule has 0 spiro atoms. The molecule has 0 bridgehead atoms. The van der Waals surface area contributed by atoms with E-state index < -0.39 is 0 Å².